The fraction of sp³-hybridized carbons (Fsp3) is 0.706. The lowest BCUT2D eigenvalue weighted by atomic mass is 9.79. The molecule has 0 unspecified atom stereocenters. The summed E-state index contributed by atoms with van der Waals surface area (Å²) < 4.78 is 0.472. The standard InChI is InChI=1S/C17H25N3O5S/c1-7-12-11(8(2)21)16(23)19(12)13(17(24)25)14(7)26-9-5-10(15(18)22)20(3,4)6-9/h7-12,21H,5-6H2,1-4H3,(H2-,18,22,24,25)/p+1/t7-,8-,9+,10+,11-,12-/m1/s1. The molecule has 3 aliphatic rings. The van der Waals surface area contributed by atoms with E-state index in [1.807, 2.05) is 21.0 Å². The van der Waals surface area contributed by atoms with Crippen LogP contribution < -0.4 is 5.73 Å². The summed E-state index contributed by atoms with van der Waals surface area (Å²) in [7, 11) is 3.89. The van der Waals surface area contributed by atoms with E-state index in [0.717, 1.165) is 0 Å². The Balaban J connectivity index is 1.87. The number of likely N-dealkylation sites (tertiary alicyclic amines) is 1. The van der Waals surface area contributed by atoms with Crippen molar-refractivity contribution in [2.75, 3.05) is 20.6 Å². The van der Waals surface area contributed by atoms with Crippen molar-refractivity contribution in [1.29, 1.82) is 0 Å². The van der Waals surface area contributed by atoms with E-state index in [2.05, 4.69) is 0 Å². The highest BCUT2D eigenvalue weighted by Crippen LogP contribution is 2.52. The third kappa shape index (κ3) is 2.73. The number of nitrogens with zero attached hydrogens (tertiary/aromatic N) is 2. The number of aliphatic carboxylic acids is 1. The molecular weight excluding hydrogens is 358 g/mol. The maximum atomic E-state index is 12.4. The molecule has 0 aromatic carbocycles. The molecule has 0 radical (unpaired) electrons. The van der Waals surface area contributed by atoms with Gasteiger partial charge in [0.25, 0.3) is 5.91 Å². The number of β-lactam (4-membered cyclic amide) rings is 1. The number of thioether (sulfide) groups is 1. The Morgan fingerprint density at radius 3 is 2.46 bits per heavy atom. The van der Waals surface area contributed by atoms with Gasteiger partial charge in [-0.1, -0.05) is 6.92 Å². The van der Waals surface area contributed by atoms with E-state index >= 15 is 0 Å². The van der Waals surface area contributed by atoms with Gasteiger partial charge in [-0.2, -0.15) is 0 Å². The molecule has 9 heteroatoms. The second-order valence-electron chi connectivity index (χ2n) is 8.13. The summed E-state index contributed by atoms with van der Waals surface area (Å²) in [6, 6.07) is -0.617. The van der Waals surface area contributed by atoms with E-state index < -0.39 is 18.0 Å². The number of aliphatic hydroxyl groups is 1. The minimum absolute atomic E-state index is 0.0298. The molecule has 6 atom stereocenters. The second kappa shape index (κ2) is 6.24. The van der Waals surface area contributed by atoms with Crippen LogP contribution >= 0.6 is 11.8 Å². The molecule has 4 N–H and O–H groups in total. The number of hydrogen-bond acceptors (Lipinski definition) is 5. The van der Waals surface area contributed by atoms with E-state index in [4.69, 9.17) is 5.73 Å². The number of quaternary nitrogens is 1. The van der Waals surface area contributed by atoms with Gasteiger partial charge < -0.3 is 25.3 Å². The van der Waals surface area contributed by atoms with Crippen LogP contribution in [0.3, 0.4) is 0 Å². The summed E-state index contributed by atoms with van der Waals surface area (Å²) >= 11 is 1.45. The number of nitrogens with two attached hydrogens (primary N) is 1. The number of carboxylic acids is 1. The Kier molecular flexibility index (Phi) is 4.61. The Morgan fingerprint density at radius 1 is 1.38 bits per heavy atom. The molecule has 3 rings (SSSR count). The van der Waals surface area contributed by atoms with Gasteiger partial charge in [0.2, 0.25) is 5.91 Å². The van der Waals surface area contributed by atoms with E-state index in [1.165, 1.54) is 16.7 Å². The average molecular weight is 384 g/mol. The SMILES string of the molecule is C[C@@H](O)[C@H]1C(=O)N2C(C(=O)O)=C(S[C@H]3C[C@@H](C(N)=O)[N+](C)(C)C3)[C@H](C)[C@H]12. The molecule has 2 fully saturated rings. The number of carbonyl (C=O) groups is 3. The first kappa shape index (κ1) is 19.2. The van der Waals surface area contributed by atoms with Crippen LogP contribution in [0, 0.1) is 11.8 Å². The minimum atomic E-state index is -1.13. The number of fused-ring (bicyclic) bond motifs is 1. The molecule has 0 aromatic heterocycles. The molecule has 0 spiro atoms. The fourth-order valence-electron chi connectivity index (χ4n) is 4.67. The Labute approximate surface area is 156 Å². The van der Waals surface area contributed by atoms with Crippen molar-refractivity contribution < 1.29 is 29.1 Å². The number of hydrogen-bond donors (Lipinski definition) is 3. The number of likely N-dealkylation sites (N-methyl/N-ethyl adjacent to an activating group) is 1. The van der Waals surface area contributed by atoms with Gasteiger partial charge in [0.05, 0.1) is 44.0 Å². The highest BCUT2D eigenvalue weighted by molar-refractivity contribution is 8.03. The van der Waals surface area contributed by atoms with Crippen molar-refractivity contribution in [2.45, 2.75) is 43.7 Å². The summed E-state index contributed by atoms with van der Waals surface area (Å²) in [4.78, 5) is 37.9. The molecule has 2 saturated heterocycles. The van der Waals surface area contributed by atoms with Crippen LogP contribution in [0.1, 0.15) is 20.3 Å². The molecule has 3 heterocycles. The zero-order valence-corrected chi connectivity index (χ0v) is 16.2. The predicted molar refractivity (Wildman–Crippen MR) is 95.6 cm³/mol. The third-order valence-electron chi connectivity index (χ3n) is 5.94. The highest BCUT2D eigenvalue weighted by atomic mass is 32.2. The van der Waals surface area contributed by atoms with Crippen molar-refractivity contribution in [3.05, 3.63) is 10.6 Å². The molecule has 144 valence electrons. The monoisotopic (exact) mass is 384 g/mol. The molecule has 0 aliphatic carbocycles. The van der Waals surface area contributed by atoms with Gasteiger partial charge in [-0.3, -0.25) is 9.59 Å². The van der Waals surface area contributed by atoms with E-state index in [-0.39, 0.29) is 40.8 Å². The van der Waals surface area contributed by atoms with E-state index in [9.17, 15) is 24.6 Å². The smallest absolute Gasteiger partial charge is 0.353 e. The Hall–Kier alpha value is -1.58. The molecule has 8 nitrogen and oxygen atoms in total. The number of primary amides is 1. The van der Waals surface area contributed by atoms with Crippen LogP contribution in [0.5, 0.6) is 0 Å². The van der Waals surface area contributed by atoms with Crippen LogP contribution in [0.25, 0.3) is 0 Å². The van der Waals surface area contributed by atoms with Crippen LogP contribution in [0.15, 0.2) is 10.6 Å². The Morgan fingerprint density at radius 2 is 2.00 bits per heavy atom. The van der Waals surface area contributed by atoms with Crippen molar-refractivity contribution in [3.8, 4) is 0 Å². The first-order valence-electron chi connectivity index (χ1n) is 8.74. The second-order valence-corrected chi connectivity index (χ2v) is 9.47. The number of carboxylic acid groups (broad SMARTS) is 1. The molecule has 26 heavy (non-hydrogen) atoms. The van der Waals surface area contributed by atoms with Crippen LogP contribution in [0.2, 0.25) is 0 Å². The van der Waals surface area contributed by atoms with Gasteiger partial charge in [0.15, 0.2) is 6.04 Å². The van der Waals surface area contributed by atoms with Crippen LogP contribution in [-0.2, 0) is 14.4 Å². The zero-order chi connectivity index (χ0) is 19.5. The minimum Gasteiger partial charge on any atom is -0.477 e. The lowest BCUT2D eigenvalue weighted by molar-refractivity contribution is -0.892. The summed E-state index contributed by atoms with van der Waals surface area (Å²) in [6.07, 6.45) is -0.235. The van der Waals surface area contributed by atoms with Crippen molar-refractivity contribution in [2.24, 2.45) is 17.6 Å². The van der Waals surface area contributed by atoms with Gasteiger partial charge in [0, 0.05) is 17.2 Å². The lowest BCUT2D eigenvalue weighted by Gasteiger charge is -2.46. The summed E-state index contributed by atoms with van der Waals surface area (Å²) in [5, 5.41) is 19.6. The summed E-state index contributed by atoms with van der Waals surface area (Å²) in [5.74, 6) is -2.53. The van der Waals surface area contributed by atoms with Crippen molar-refractivity contribution in [3.63, 3.8) is 0 Å². The third-order valence-corrected chi connectivity index (χ3v) is 7.43. The van der Waals surface area contributed by atoms with Gasteiger partial charge in [-0.05, 0) is 6.92 Å². The fourth-order valence-corrected chi connectivity index (χ4v) is 6.41. The van der Waals surface area contributed by atoms with Crippen LogP contribution in [0.4, 0.5) is 0 Å². The normalized spacial score (nSPS) is 36.7. The molecule has 0 bridgehead atoms. The Bertz CT molecular complexity index is 705. The summed E-state index contributed by atoms with van der Waals surface area (Å²) in [5.41, 5.74) is 5.55. The number of rotatable bonds is 5. The molecule has 3 aliphatic heterocycles. The van der Waals surface area contributed by atoms with E-state index in [0.29, 0.717) is 22.4 Å². The van der Waals surface area contributed by atoms with Gasteiger partial charge >= 0.3 is 5.97 Å². The van der Waals surface area contributed by atoms with Gasteiger partial charge in [0.1, 0.15) is 5.70 Å². The van der Waals surface area contributed by atoms with Gasteiger partial charge in [-0.15, -0.1) is 11.8 Å². The first-order valence-corrected chi connectivity index (χ1v) is 9.62. The molecule has 2 amide bonds. The maximum absolute atomic E-state index is 12.4. The lowest BCUT2D eigenvalue weighted by Crippen LogP contribution is -2.63. The van der Waals surface area contributed by atoms with Crippen molar-refractivity contribution >= 4 is 29.5 Å². The highest BCUT2D eigenvalue weighted by Gasteiger charge is 2.60. The van der Waals surface area contributed by atoms with Crippen LogP contribution in [-0.4, -0.2) is 81.5 Å². The van der Waals surface area contributed by atoms with E-state index in [1.54, 1.807) is 6.92 Å². The van der Waals surface area contributed by atoms with Crippen molar-refractivity contribution in [1.82, 2.24) is 4.90 Å². The summed E-state index contributed by atoms with van der Waals surface area (Å²) in [6.45, 7) is 4.16. The first-order chi connectivity index (χ1) is 12.0. The number of aliphatic hydroxyl groups excluding tert-OH is 1. The molecule has 0 saturated carbocycles. The zero-order valence-electron chi connectivity index (χ0n) is 15.4. The quantitative estimate of drug-likeness (QED) is 0.437. The predicted octanol–water partition coefficient (Wildman–Crippen LogP) is -0.424. The number of carbonyl (C=O) groups excluding carboxylic acids is 2. The van der Waals surface area contributed by atoms with Gasteiger partial charge in [-0.25, -0.2) is 4.79 Å². The average Bonchev–Trinajstić information content (AvgIpc) is 2.92. The molecular formula is C17H26N3O5S+. The molecule has 0 aromatic rings. The topological polar surface area (TPSA) is 121 Å². The largest absolute Gasteiger partial charge is 0.477 e. The number of amides is 2. The maximum Gasteiger partial charge on any atom is 0.353 e.